The maximum atomic E-state index is 12.7. The Morgan fingerprint density at radius 3 is 3.00 bits per heavy atom. The van der Waals surface area contributed by atoms with Crippen molar-refractivity contribution in [3.05, 3.63) is 34.1 Å². The number of carbonyl (C=O) groups is 2. The summed E-state index contributed by atoms with van der Waals surface area (Å²) in [6.07, 6.45) is 6.21. The van der Waals surface area contributed by atoms with Crippen LogP contribution in [-0.4, -0.2) is 52.4 Å². The standard InChI is InChI=1S/C20H28N4O4S/c1-2-16-18-17(7-5-10-27-11-6-8-21-19(18)25)24(23-16)9-3-4-12-28-20(26)15-13-22-29-14-15/h13-14H,2-12H2,1H3,(H,21,25). The number of amides is 1. The lowest BCUT2D eigenvalue weighted by molar-refractivity contribution is 0.0497. The molecule has 1 aliphatic heterocycles. The van der Waals surface area contributed by atoms with Crippen molar-refractivity contribution < 1.29 is 19.1 Å². The molecule has 3 heterocycles. The van der Waals surface area contributed by atoms with Crippen LogP contribution in [0.2, 0.25) is 0 Å². The summed E-state index contributed by atoms with van der Waals surface area (Å²) in [5, 5.41) is 9.37. The smallest absolute Gasteiger partial charge is 0.340 e. The monoisotopic (exact) mass is 420 g/mol. The van der Waals surface area contributed by atoms with Gasteiger partial charge in [0.1, 0.15) is 0 Å². The van der Waals surface area contributed by atoms with Gasteiger partial charge in [-0.1, -0.05) is 6.92 Å². The van der Waals surface area contributed by atoms with Crippen molar-refractivity contribution in [2.75, 3.05) is 26.4 Å². The molecule has 1 aliphatic rings. The van der Waals surface area contributed by atoms with E-state index in [1.807, 2.05) is 11.6 Å². The van der Waals surface area contributed by atoms with E-state index in [2.05, 4.69) is 9.69 Å². The number of unbranched alkanes of at least 4 members (excludes halogenated alkanes) is 1. The van der Waals surface area contributed by atoms with Crippen molar-refractivity contribution >= 4 is 23.4 Å². The number of esters is 1. The first-order valence-corrected chi connectivity index (χ1v) is 11.0. The van der Waals surface area contributed by atoms with Crippen LogP contribution in [0.5, 0.6) is 0 Å². The van der Waals surface area contributed by atoms with E-state index in [4.69, 9.17) is 14.6 Å². The molecule has 3 rings (SSSR count). The Bertz CT molecular complexity index is 804. The molecule has 2 aromatic rings. The summed E-state index contributed by atoms with van der Waals surface area (Å²) in [4.78, 5) is 24.6. The van der Waals surface area contributed by atoms with Gasteiger partial charge in [-0.15, -0.1) is 0 Å². The minimum absolute atomic E-state index is 0.0386. The molecule has 0 fully saturated rings. The topological polar surface area (TPSA) is 95.3 Å². The fourth-order valence-corrected chi connectivity index (χ4v) is 3.83. The maximum Gasteiger partial charge on any atom is 0.340 e. The molecule has 0 aliphatic carbocycles. The van der Waals surface area contributed by atoms with Crippen molar-refractivity contribution in [2.24, 2.45) is 0 Å². The van der Waals surface area contributed by atoms with Gasteiger partial charge in [-0.2, -0.15) is 5.10 Å². The highest BCUT2D eigenvalue weighted by molar-refractivity contribution is 7.03. The van der Waals surface area contributed by atoms with Gasteiger partial charge in [0.05, 0.1) is 35.3 Å². The molecule has 8 nitrogen and oxygen atoms in total. The third kappa shape index (κ3) is 5.86. The fourth-order valence-electron chi connectivity index (χ4n) is 3.33. The number of hydrogen-bond acceptors (Lipinski definition) is 7. The summed E-state index contributed by atoms with van der Waals surface area (Å²) in [7, 11) is 0. The number of hydrogen-bond donors (Lipinski definition) is 1. The number of fused-ring (bicyclic) bond motifs is 1. The molecule has 0 radical (unpaired) electrons. The molecule has 0 saturated carbocycles. The number of nitrogens with one attached hydrogen (secondary N) is 1. The highest BCUT2D eigenvalue weighted by Crippen LogP contribution is 2.19. The second-order valence-corrected chi connectivity index (χ2v) is 7.58. The molecular weight excluding hydrogens is 392 g/mol. The Morgan fingerprint density at radius 1 is 1.34 bits per heavy atom. The predicted octanol–water partition coefficient (Wildman–Crippen LogP) is 2.62. The van der Waals surface area contributed by atoms with Crippen LogP contribution in [0.4, 0.5) is 0 Å². The lowest BCUT2D eigenvalue weighted by Crippen LogP contribution is -2.26. The molecule has 29 heavy (non-hydrogen) atoms. The van der Waals surface area contributed by atoms with E-state index in [1.165, 1.54) is 17.7 Å². The van der Waals surface area contributed by atoms with Gasteiger partial charge in [0.2, 0.25) is 0 Å². The molecule has 0 aromatic carbocycles. The quantitative estimate of drug-likeness (QED) is 0.546. The Balaban J connectivity index is 1.59. The van der Waals surface area contributed by atoms with Crippen LogP contribution >= 0.6 is 11.5 Å². The molecule has 1 amide bonds. The zero-order valence-corrected chi connectivity index (χ0v) is 17.6. The first-order valence-electron chi connectivity index (χ1n) is 10.2. The average Bonchev–Trinajstić information content (AvgIpc) is 3.36. The second-order valence-electron chi connectivity index (χ2n) is 6.93. The number of aromatic nitrogens is 3. The van der Waals surface area contributed by atoms with Crippen molar-refractivity contribution in [1.82, 2.24) is 19.5 Å². The Hall–Kier alpha value is -2.26. The molecule has 0 atom stereocenters. The normalized spacial score (nSPS) is 15.3. The average molecular weight is 421 g/mol. The van der Waals surface area contributed by atoms with Gasteiger partial charge >= 0.3 is 5.97 Å². The highest BCUT2D eigenvalue weighted by Gasteiger charge is 2.22. The molecule has 0 unspecified atom stereocenters. The third-order valence-electron chi connectivity index (χ3n) is 4.81. The van der Waals surface area contributed by atoms with Gasteiger partial charge in [0.25, 0.3) is 5.91 Å². The fraction of sp³-hybridized carbons (Fsp3) is 0.600. The minimum atomic E-state index is -0.337. The van der Waals surface area contributed by atoms with Crippen LogP contribution in [0.1, 0.15) is 64.7 Å². The summed E-state index contributed by atoms with van der Waals surface area (Å²) in [6.45, 7) is 5.03. The third-order valence-corrected chi connectivity index (χ3v) is 5.40. The van der Waals surface area contributed by atoms with E-state index in [0.29, 0.717) is 44.9 Å². The first-order chi connectivity index (χ1) is 14.2. The molecule has 1 N–H and O–H groups in total. The molecular formula is C20H28N4O4S. The number of carbonyl (C=O) groups excluding carboxylic acids is 2. The Morgan fingerprint density at radius 2 is 2.21 bits per heavy atom. The molecule has 9 heteroatoms. The van der Waals surface area contributed by atoms with Crippen LogP contribution in [0.25, 0.3) is 0 Å². The van der Waals surface area contributed by atoms with E-state index < -0.39 is 0 Å². The van der Waals surface area contributed by atoms with Crippen molar-refractivity contribution in [3.8, 4) is 0 Å². The first kappa shape index (κ1) is 21.4. The summed E-state index contributed by atoms with van der Waals surface area (Å²) in [6, 6.07) is 0. The molecule has 0 saturated heterocycles. The van der Waals surface area contributed by atoms with Gasteiger partial charge in [-0.05, 0) is 50.1 Å². The lowest BCUT2D eigenvalue weighted by Gasteiger charge is -2.10. The van der Waals surface area contributed by atoms with Crippen LogP contribution in [0, 0.1) is 0 Å². The van der Waals surface area contributed by atoms with E-state index >= 15 is 0 Å². The molecule has 0 bridgehead atoms. The molecule has 0 spiro atoms. The SMILES string of the molecule is CCc1nn(CCCCOC(=O)c2cnsc2)c2c1C(=O)NCCCOCCC2. The largest absolute Gasteiger partial charge is 0.462 e. The van der Waals surface area contributed by atoms with Gasteiger partial charge in [0, 0.05) is 31.7 Å². The highest BCUT2D eigenvalue weighted by atomic mass is 32.1. The summed E-state index contributed by atoms with van der Waals surface area (Å²) in [5.74, 6) is -0.375. The number of aryl methyl sites for hydroxylation is 2. The van der Waals surface area contributed by atoms with Crippen molar-refractivity contribution in [1.29, 1.82) is 0 Å². The Labute approximate surface area is 174 Å². The molecule has 158 valence electrons. The number of ether oxygens (including phenoxy) is 2. The second kappa shape index (κ2) is 11.1. The number of rotatable bonds is 7. The van der Waals surface area contributed by atoms with Gasteiger partial charge < -0.3 is 14.8 Å². The lowest BCUT2D eigenvalue weighted by atomic mass is 10.1. The van der Waals surface area contributed by atoms with Gasteiger partial charge in [-0.3, -0.25) is 9.48 Å². The van der Waals surface area contributed by atoms with Crippen molar-refractivity contribution in [3.63, 3.8) is 0 Å². The van der Waals surface area contributed by atoms with Crippen LogP contribution in [0.3, 0.4) is 0 Å². The van der Waals surface area contributed by atoms with Crippen LogP contribution in [-0.2, 0) is 28.9 Å². The van der Waals surface area contributed by atoms with Crippen LogP contribution < -0.4 is 5.32 Å². The van der Waals surface area contributed by atoms with Crippen molar-refractivity contribution in [2.45, 2.75) is 52.0 Å². The Kier molecular flexibility index (Phi) is 8.18. The van der Waals surface area contributed by atoms with Gasteiger partial charge in [0.15, 0.2) is 0 Å². The number of nitrogens with zero attached hydrogens (tertiary/aromatic N) is 3. The summed E-state index contributed by atoms with van der Waals surface area (Å²) in [5.41, 5.74) is 3.04. The van der Waals surface area contributed by atoms with E-state index in [1.54, 1.807) is 5.38 Å². The van der Waals surface area contributed by atoms with Gasteiger partial charge in [-0.25, -0.2) is 9.17 Å². The zero-order valence-electron chi connectivity index (χ0n) is 16.8. The van der Waals surface area contributed by atoms with Crippen LogP contribution in [0.15, 0.2) is 11.6 Å². The summed E-state index contributed by atoms with van der Waals surface area (Å²) >= 11 is 1.23. The zero-order chi connectivity index (χ0) is 20.5. The predicted molar refractivity (Wildman–Crippen MR) is 109 cm³/mol. The molecule has 2 aromatic heterocycles. The minimum Gasteiger partial charge on any atom is -0.462 e. The van der Waals surface area contributed by atoms with E-state index in [-0.39, 0.29) is 11.9 Å². The summed E-state index contributed by atoms with van der Waals surface area (Å²) < 4.78 is 16.8. The van der Waals surface area contributed by atoms with E-state index in [9.17, 15) is 9.59 Å². The maximum absolute atomic E-state index is 12.7. The van der Waals surface area contributed by atoms with E-state index in [0.717, 1.165) is 49.1 Å².